The third kappa shape index (κ3) is 5.96. The molecule has 1 saturated carbocycles. The van der Waals surface area contributed by atoms with Gasteiger partial charge in [0.25, 0.3) is 11.8 Å². The smallest absolute Gasteiger partial charge is 0.328 e. The van der Waals surface area contributed by atoms with Gasteiger partial charge in [0.2, 0.25) is 17.5 Å². The van der Waals surface area contributed by atoms with Gasteiger partial charge < -0.3 is 24.8 Å². The maximum atomic E-state index is 12.7. The Bertz CT molecular complexity index is 1250. The third-order valence-corrected chi connectivity index (χ3v) is 6.00. The molecule has 3 aromatic rings. The highest BCUT2D eigenvalue weighted by molar-refractivity contribution is 5.94. The first-order chi connectivity index (χ1) is 17.2. The maximum Gasteiger partial charge on any atom is 0.328 e. The molecule has 11 nitrogen and oxygen atoms in total. The number of esters is 1. The molecule has 1 aromatic carbocycles. The molecule has 1 fully saturated rings. The average Bonchev–Trinajstić information content (AvgIpc) is 3.38. The fraction of sp³-hybridized carbons (Fsp3) is 0.440. The van der Waals surface area contributed by atoms with Gasteiger partial charge in [0, 0.05) is 17.2 Å². The van der Waals surface area contributed by atoms with Gasteiger partial charge in [0.1, 0.15) is 6.04 Å². The zero-order valence-corrected chi connectivity index (χ0v) is 20.7. The molecule has 2 amide bonds. The highest BCUT2D eigenvalue weighted by Crippen LogP contribution is 2.32. The Kier molecular flexibility index (Phi) is 7.47. The van der Waals surface area contributed by atoms with Gasteiger partial charge >= 0.3 is 5.97 Å². The molecule has 0 unspecified atom stereocenters. The lowest BCUT2D eigenvalue weighted by Gasteiger charge is -2.17. The average molecular weight is 495 g/mol. The van der Waals surface area contributed by atoms with Crippen molar-refractivity contribution in [2.24, 2.45) is 11.8 Å². The van der Waals surface area contributed by atoms with Crippen molar-refractivity contribution in [3.63, 3.8) is 0 Å². The van der Waals surface area contributed by atoms with Crippen LogP contribution in [0.4, 0.5) is 0 Å². The van der Waals surface area contributed by atoms with Crippen molar-refractivity contribution in [3.8, 4) is 22.8 Å². The number of aromatic nitrogens is 4. The molecule has 0 saturated heterocycles. The summed E-state index contributed by atoms with van der Waals surface area (Å²) in [6, 6.07) is 6.43. The molecule has 3 N–H and O–H groups in total. The van der Waals surface area contributed by atoms with E-state index in [9.17, 15) is 14.4 Å². The summed E-state index contributed by atoms with van der Waals surface area (Å²) < 4.78 is 10.5. The summed E-state index contributed by atoms with van der Waals surface area (Å²) in [5.41, 5.74) is 1.27. The summed E-state index contributed by atoms with van der Waals surface area (Å²) in [6.45, 7) is 5.88. The fourth-order valence-electron chi connectivity index (χ4n) is 3.85. The van der Waals surface area contributed by atoms with Crippen LogP contribution in [0.2, 0.25) is 0 Å². The Labute approximate surface area is 208 Å². The minimum atomic E-state index is -0.788. The third-order valence-electron chi connectivity index (χ3n) is 6.00. The van der Waals surface area contributed by atoms with E-state index in [1.807, 2.05) is 26.8 Å². The quantitative estimate of drug-likeness (QED) is 0.364. The monoisotopic (exact) mass is 494 g/mol. The fourth-order valence-corrected chi connectivity index (χ4v) is 3.85. The number of nitrogens with one attached hydrogen (secondary N) is 3. The van der Waals surface area contributed by atoms with Crippen LogP contribution >= 0.6 is 0 Å². The Morgan fingerprint density at radius 1 is 1.11 bits per heavy atom. The van der Waals surface area contributed by atoms with Crippen molar-refractivity contribution in [1.29, 1.82) is 0 Å². The number of H-pyrrole nitrogens is 1. The predicted molar refractivity (Wildman–Crippen MR) is 130 cm³/mol. The Balaban J connectivity index is 1.46. The molecular weight excluding hydrogens is 464 g/mol. The minimum absolute atomic E-state index is 0.0310. The zero-order chi connectivity index (χ0) is 25.8. The highest BCUT2D eigenvalue weighted by atomic mass is 16.5. The largest absolute Gasteiger partial charge is 0.467 e. The number of aromatic amines is 1. The van der Waals surface area contributed by atoms with Crippen LogP contribution in [0.3, 0.4) is 0 Å². The molecule has 190 valence electrons. The molecule has 11 heteroatoms. The zero-order valence-electron chi connectivity index (χ0n) is 20.7. The van der Waals surface area contributed by atoms with E-state index in [1.165, 1.54) is 13.3 Å². The number of rotatable bonds is 10. The normalized spacial score (nSPS) is 14.8. The maximum absolute atomic E-state index is 12.7. The molecule has 36 heavy (non-hydrogen) atoms. The van der Waals surface area contributed by atoms with Crippen molar-refractivity contribution >= 4 is 17.8 Å². The Hall–Kier alpha value is -4.02. The van der Waals surface area contributed by atoms with Gasteiger partial charge in [-0.15, -0.1) is 10.2 Å². The lowest BCUT2D eigenvalue weighted by molar-refractivity contribution is -0.143. The lowest BCUT2D eigenvalue weighted by Crippen LogP contribution is -2.42. The number of benzene rings is 1. The van der Waals surface area contributed by atoms with Gasteiger partial charge in [0.15, 0.2) is 5.82 Å². The number of carbonyl (C=O) groups excluding carboxylic acids is 3. The molecule has 0 spiro atoms. The molecule has 1 aliphatic rings. The number of methoxy groups -OCH3 is 1. The van der Waals surface area contributed by atoms with E-state index >= 15 is 0 Å². The molecule has 2 aromatic heterocycles. The van der Waals surface area contributed by atoms with E-state index in [0.29, 0.717) is 29.3 Å². The second-order valence-corrected chi connectivity index (χ2v) is 9.41. The number of carbonyl (C=O) groups is 3. The summed E-state index contributed by atoms with van der Waals surface area (Å²) in [7, 11) is 1.28. The van der Waals surface area contributed by atoms with Gasteiger partial charge in [-0.1, -0.05) is 26.0 Å². The van der Waals surface area contributed by atoms with E-state index < -0.39 is 17.9 Å². The Morgan fingerprint density at radius 2 is 1.86 bits per heavy atom. The SMILES string of the molecule is COC(=O)[C@H](CC(C)C)NC(=O)c1cnc(-c2cccc(-c3nnc(C(=O)N[C@@H](C)C4CC4)[nH]3)c2)o1. The van der Waals surface area contributed by atoms with Gasteiger partial charge in [-0.3, -0.25) is 9.59 Å². The number of nitrogens with zero attached hydrogens (tertiary/aromatic N) is 3. The van der Waals surface area contributed by atoms with Gasteiger partial charge in [-0.25, -0.2) is 9.78 Å². The van der Waals surface area contributed by atoms with E-state index in [-0.39, 0.29) is 35.3 Å². The van der Waals surface area contributed by atoms with Gasteiger partial charge in [0.05, 0.1) is 13.3 Å². The minimum Gasteiger partial charge on any atom is -0.467 e. The molecule has 2 atom stereocenters. The molecule has 4 rings (SSSR count). The molecule has 2 heterocycles. The molecular formula is C25H30N6O5. The first-order valence-corrected chi connectivity index (χ1v) is 11.9. The summed E-state index contributed by atoms with van der Waals surface area (Å²) in [5.74, 6) is 0.0655. The standard InChI is InChI=1S/C25H30N6O5/c1-13(2)10-18(25(34)35-4)28-22(32)19-12-26-24(36-19)17-7-5-6-16(11-17)20-29-21(31-30-20)23(33)27-14(3)15-8-9-15/h5-7,11-15,18H,8-10H2,1-4H3,(H,27,33)(H,28,32)(H,29,30,31)/t14-,18-/m0/s1. The number of amides is 2. The molecule has 0 bridgehead atoms. The van der Waals surface area contributed by atoms with Crippen LogP contribution < -0.4 is 10.6 Å². The second kappa shape index (κ2) is 10.7. The van der Waals surface area contributed by atoms with Crippen molar-refractivity contribution in [3.05, 3.63) is 42.0 Å². The van der Waals surface area contributed by atoms with E-state index in [2.05, 4.69) is 30.8 Å². The van der Waals surface area contributed by atoms with Crippen LogP contribution in [-0.4, -0.2) is 57.1 Å². The van der Waals surface area contributed by atoms with Gasteiger partial charge in [-0.05, 0) is 50.2 Å². The first-order valence-electron chi connectivity index (χ1n) is 11.9. The summed E-state index contributed by atoms with van der Waals surface area (Å²) >= 11 is 0. The summed E-state index contributed by atoms with van der Waals surface area (Å²) in [4.78, 5) is 44.3. The molecule has 0 radical (unpaired) electrons. The summed E-state index contributed by atoms with van der Waals surface area (Å²) in [6.07, 6.45) is 3.99. The van der Waals surface area contributed by atoms with Crippen LogP contribution in [0.25, 0.3) is 22.8 Å². The van der Waals surface area contributed by atoms with E-state index in [4.69, 9.17) is 9.15 Å². The predicted octanol–water partition coefficient (Wildman–Crippen LogP) is 2.97. The second-order valence-electron chi connectivity index (χ2n) is 9.41. The van der Waals surface area contributed by atoms with Crippen molar-refractivity contribution in [2.75, 3.05) is 7.11 Å². The van der Waals surface area contributed by atoms with Crippen LogP contribution in [0.1, 0.15) is 61.2 Å². The highest BCUT2D eigenvalue weighted by Gasteiger charge is 2.30. The number of hydrogen-bond donors (Lipinski definition) is 3. The summed E-state index contributed by atoms with van der Waals surface area (Å²) in [5, 5.41) is 13.7. The van der Waals surface area contributed by atoms with Crippen LogP contribution in [0, 0.1) is 11.8 Å². The Morgan fingerprint density at radius 3 is 2.56 bits per heavy atom. The van der Waals surface area contributed by atoms with Crippen LogP contribution in [0.5, 0.6) is 0 Å². The van der Waals surface area contributed by atoms with E-state index in [1.54, 1.807) is 18.2 Å². The number of oxazole rings is 1. The molecule has 1 aliphatic carbocycles. The molecule has 0 aliphatic heterocycles. The van der Waals surface area contributed by atoms with E-state index in [0.717, 1.165) is 12.8 Å². The number of ether oxygens (including phenoxy) is 1. The topological polar surface area (TPSA) is 152 Å². The van der Waals surface area contributed by atoms with Crippen LogP contribution in [0.15, 0.2) is 34.9 Å². The number of hydrogen-bond acceptors (Lipinski definition) is 8. The van der Waals surface area contributed by atoms with Crippen molar-refractivity contribution in [2.45, 2.75) is 52.1 Å². The van der Waals surface area contributed by atoms with Crippen molar-refractivity contribution < 1.29 is 23.5 Å². The van der Waals surface area contributed by atoms with Crippen molar-refractivity contribution in [1.82, 2.24) is 30.8 Å². The van der Waals surface area contributed by atoms with Crippen LogP contribution in [-0.2, 0) is 9.53 Å². The van der Waals surface area contributed by atoms with Gasteiger partial charge in [-0.2, -0.15) is 0 Å². The first kappa shape index (κ1) is 25.1. The lowest BCUT2D eigenvalue weighted by atomic mass is 10.0.